The molecule has 0 aliphatic heterocycles. The van der Waals surface area contributed by atoms with E-state index in [1.165, 1.54) is 0 Å². The first kappa shape index (κ1) is 19.4. The fraction of sp³-hybridized carbons (Fsp3) is 0.263. The van der Waals surface area contributed by atoms with Gasteiger partial charge in [0.1, 0.15) is 18.4 Å². The van der Waals surface area contributed by atoms with E-state index in [0.717, 1.165) is 11.1 Å². The third-order valence-electron chi connectivity index (χ3n) is 3.88. The van der Waals surface area contributed by atoms with Crippen molar-refractivity contribution >= 4 is 12.1 Å². The van der Waals surface area contributed by atoms with Crippen LogP contribution in [0.3, 0.4) is 0 Å². The van der Waals surface area contributed by atoms with Gasteiger partial charge in [0, 0.05) is 6.42 Å². The maximum atomic E-state index is 12.0. The molecule has 0 aromatic heterocycles. The van der Waals surface area contributed by atoms with Crippen LogP contribution in [-0.2, 0) is 22.6 Å². The van der Waals surface area contributed by atoms with E-state index in [1.807, 2.05) is 24.3 Å². The normalized spacial score (nSPS) is 14.1. The Morgan fingerprint density at radius 2 is 1.58 bits per heavy atom. The number of hydrogen-bond donors (Lipinski definition) is 4. The molecule has 0 saturated heterocycles. The maximum absolute atomic E-state index is 12.0. The van der Waals surface area contributed by atoms with E-state index in [9.17, 15) is 14.7 Å². The van der Waals surface area contributed by atoms with E-state index in [4.69, 9.17) is 15.6 Å². The summed E-state index contributed by atoms with van der Waals surface area (Å²) in [4.78, 5) is 23.1. The lowest BCUT2D eigenvalue weighted by atomic mass is 9.93. The van der Waals surface area contributed by atoms with E-state index < -0.39 is 30.3 Å². The predicted octanol–water partition coefficient (Wildman–Crippen LogP) is 1.65. The second kappa shape index (κ2) is 8.98. The number of carboxylic acid groups (broad SMARTS) is 1. The van der Waals surface area contributed by atoms with Crippen molar-refractivity contribution in [3.8, 4) is 0 Å². The van der Waals surface area contributed by atoms with Gasteiger partial charge in [-0.1, -0.05) is 60.7 Å². The Kier molecular flexibility index (Phi) is 6.71. The molecule has 0 aliphatic rings. The number of aliphatic hydroxyl groups is 1. The molecule has 0 spiro atoms. The summed E-state index contributed by atoms with van der Waals surface area (Å²) in [7, 11) is 0. The number of amides is 1. The Morgan fingerprint density at radius 1 is 1.04 bits per heavy atom. The van der Waals surface area contributed by atoms with Gasteiger partial charge in [0.2, 0.25) is 0 Å². The van der Waals surface area contributed by atoms with Gasteiger partial charge in [-0.15, -0.1) is 0 Å². The maximum Gasteiger partial charge on any atom is 0.406 e. The summed E-state index contributed by atoms with van der Waals surface area (Å²) in [5.41, 5.74) is 5.89. The summed E-state index contributed by atoms with van der Waals surface area (Å²) < 4.78 is 5.12. The Hall–Kier alpha value is -2.90. The van der Waals surface area contributed by atoms with Gasteiger partial charge < -0.3 is 26.0 Å². The molecule has 0 bridgehead atoms. The lowest BCUT2D eigenvalue weighted by molar-refractivity contribution is -0.148. The molecule has 0 radical (unpaired) electrons. The molecule has 0 heterocycles. The SMILES string of the molecule is N[C@@](Cc1ccccc1)(NC(=O)O)[C@H](O)CC(=O)OCc1ccccc1. The molecule has 2 atom stereocenters. The highest BCUT2D eigenvalue weighted by molar-refractivity contribution is 5.71. The van der Waals surface area contributed by atoms with Crippen molar-refractivity contribution in [2.75, 3.05) is 0 Å². The molecule has 2 aromatic rings. The zero-order chi connectivity index (χ0) is 19.0. The van der Waals surface area contributed by atoms with Gasteiger partial charge in [0.25, 0.3) is 0 Å². The van der Waals surface area contributed by atoms with Crippen LogP contribution < -0.4 is 11.1 Å². The van der Waals surface area contributed by atoms with Crippen LogP contribution in [0.15, 0.2) is 60.7 Å². The van der Waals surface area contributed by atoms with Gasteiger partial charge in [-0.2, -0.15) is 0 Å². The second-order valence-corrected chi connectivity index (χ2v) is 6.00. The molecule has 2 aromatic carbocycles. The van der Waals surface area contributed by atoms with Crippen LogP contribution in [0.1, 0.15) is 17.5 Å². The average Bonchev–Trinajstić information content (AvgIpc) is 2.61. The summed E-state index contributed by atoms with van der Waals surface area (Å²) >= 11 is 0. The lowest BCUT2D eigenvalue weighted by Crippen LogP contribution is -2.65. The number of nitrogens with one attached hydrogen (secondary N) is 1. The van der Waals surface area contributed by atoms with E-state index >= 15 is 0 Å². The van der Waals surface area contributed by atoms with Crippen LogP contribution in [-0.4, -0.2) is 34.0 Å². The molecule has 138 valence electrons. The number of carbonyl (C=O) groups excluding carboxylic acids is 1. The Labute approximate surface area is 151 Å². The largest absolute Gasteiger partial charge is 0.465 e. The molecular formula is C19H22N2O5. The van der Waals surface area contributed by atoms with Crippen LogP contribution in [0.5, 0.6) is 0 Å². The number of esters is 1. The van der Waals surface area contributed by atoms with E-state index in [1.54, 1.807) is 36.4 Å². The van der Waals surface area contributed by atoms with Crippen molar-refractivity contribution in [2.45, 2.75) is 31.2 Å². The van der Waals surface area contributed by atoms with E-state index in [-0.39, 0.29) is 13.0 Å². The summed E-state index contributed by atoms with van der Waals surface area (Å²) in [6, 6.07) is 18.0. The zero-order valence-electron chi connectivity index (χ0n) is 14.2. The fourth-order valence-electron chi connectivity index (χ4n) is 2.52. The first-order valence-corrected chi connectivity index (χ1v) is 8.10. The molecule has 2 rings (SSSR count). The molecule has 0 unspecified atom stereocenters. The predicted molar refractivity (Wildman–Crippen MR) is 95.1 cm³/mol. The number of hydrogen-bond acceptors (Lipinski definition) is 5. The number of ether oxygens (including phenoxy) is 1. The summed E-state index contributed by atoms with van der Waals surface area (Å²) in [5.74, 6) is -0.670. The molecule has 0 saturated carbocycles. The number of benzene rings is 2. The Bertz CT molecular complexity index is 723. The minimum absolute atomic E-state index is 0.0211. The quantitative estimate of drug-likeness (QED) is 0.420. The smallest absolute Gasteiger partial charge is 0.406 e. The third-order valence-corrected chi connectivity index (χ3v) is 3.88. The first-order valence-electron chi connectivity index (χ1n) is 8.10. The molecule has 0 aliphatic carbocycles. The minimum Gasteiger partial charge on any atom is -0.465 e. The van der Waals surface area contributed by atoms with Crippen molar-refractivity contribution in [2.24, 2.45) is 5.73 Å². The van der Waals surface area contributed by atoms with Gasteiger partial charge in [0.15, 0.2) is 0 Å². The van der Waals surface area contributed by atoms with Gasteiger partial charge in [-0.25, -0.2) is 4.79 Å². The standard InChI is InChI=1S/C19H22N2O5/c20-19(21-18(24)25,12-14-7-3-1-4-8-14)16(22)11-17(23)26-13-15-9-5-2-6-10-15/h1-10,16,21-22H,11-13,20H2,(H,24,25)/t16-,19+/m1/s1. The van der Waals surface area contributed by atoms with Crippen molar-refractivity contribution < 1.29 is 24.5 Å². The number of aliphatic hydroxyl groups excluding tert-OH is 1. The van der Waals surface area contributed by atoms with Crippen molar-refractivity contribution in [3.63, 3.8) is 0 Å². The van der Waals surface area contributed by atoms with Crippen LogP contribution >= 0.6 is 0 Å². The van der Waals surface area contributed by atoms with Crippen LogP contribution in [0.2, 0.25) is 0 Å². The topological polar surface area (TPSA) is 122 Å². The van der Waals surface area contributed by atoms with Gasteiger partial charge >= 0.3 is 12.1 Å². The minimum atomic E-state index is -1.72. The van der Waals surface area contributed by atoms with Crippen LogP contribution in [0, 0.1) is 0 Å². The number of nitrogens with two attached hydrogens (primary N) is 1. The molecule has 1 amide bonds. The summed E-state index contributed by atoms with van der Waals surface area (Å²) in [5, 5.41) is 21.6. The Balaban J connectivity index is 1.99. The highest BCUT2D eigenvalue weighted by Crippen LogP contribution is 2.16. The molecular weight excluding hydrogens is 336 g/mol. The van der Waals surface area contributed by atoms with Crippen molar-refractivity contribution in [1.29, 1.82) is 0 Å². The lowest BCUT2D eigenvalue weighted by Gasteiger charge is -2.34. The summed E-state index contributed by atoms with van der Waals surface area (Å²) in [6.07, 6.45) is -3.26. The molecule has 0 fully saturated rings. The second-order valence-electron chi connectivity index (χ2n) is 6.00. The third kappa shape index (κ3) is 5.87. The Morgan fingerprint density at radius 3 is 2.12 bits per heavy atom. The van der Waals surface area contributed by atoms with Gasteiger partial charge in [-0.05, 0) is 11.1 Å². The van der Waals surface area contributed by atoms with Crippen LogP contribution in [0.4, 0.5) is 4.79 Å². The zero-order valence-corrected chi connectivity index (χ0v) is 14.2. The fourth-order valence-corrected chi connectivity index (χ4v) is 2.52. The van der Waals surface area contributed by atoms with Gasteiger partial charge in [0.05, 0.1) is 6.42 Å². The van der Waals surface area contributed by atoms with Crippen molar-refractivity contribution in [3.05, 3.63) is 71.8 Å². The van der Waals surface area contributed by atoms with Crippen LogP contribution in [0.25, 0.3) is 0 Å². The molecule has 5 N–H and O–H groups in total. The first-order chi connectivity index (χ1) is 12.4. The molecule has 26 heavy (non-hydrogen) atoms. The molecule has 7 heteroatoms. The summed E-state index contributed by atoms with van der Waals surface area (Å²) in [6.45, 7) is 0.0645. The number of carbonyl (C=O) groups is 2. The average molecular weight is 358 g/mol. The monoisotopic (exact) mass is 358 g/mol. The van der Waals surface area contributed by atoms with Gasteiger partial charge in [-0.3, -0.25) is 4.79 Å². The number of rotatable bonds is 8. The van der Waals surface area contributed by atoms with Crippen molar-refractivity contribution in [1.82, 2.24) is 5.32 Å². The molecule has 7 nitrogen and oxygen atoms in total. The van der Waals surface area contributed by atoms with E-state index in [2.05, 4.69) is 5.32 Å². The van der Waals surface area contributed by atoms with E-state index in [0.29, 0.717) is 0 Å². The highest BCUT2D eigenvalue weighted by Gasteiger charge is 2.37. The highest BCUT2D eigenvalue weighted by atomic mass is 16.5.